The quantitative estimate of drug-likeness (QED) is 0.307. The number of benzene rings is 1. The first-order chi connectivity index (χ1) is 15.2. The lowest BCUT2D eigenvalue weighted by molar-refractivity contribution is 0.0636. The number of hydrogen-bond acceptors (Lipinski definition) is 5. The van der Waals surface area contributed by atoms with Gasteiger partial charge in [-0.2, -0.15) is 0 Å². The Morgan fingerprint density at radius 1 is 1.03 bits per heavy atom. The van der Waals surface area contributed by atoms with Crippen molar-refractivity contribution < 1.29 is 9.53 Å². The number of amides is 1. The molecule has 32 heavy (non-hydrogen) atoms. The van der Waals surface area contributed by atoms with Gasteiger partial charge in [0.25, 0.3) is 0 Å². The lowest BCUT2D eigenvalue weighted by atomic mass is 10.1. The average Bonchev–Trinajstić information content (AvgIpc) is 2.73. The van der Waals surface area contributed by atoms with E-state index in [1.54, 1.807) is 7.05 Å². The summed E-state index contributed by atoms with van der Waals surface area (Å²) in [6.45, 7) is 13.2. The molecule has 0 atom stereocenters. The number of unbranched alkanes of at least 4 members (excludes halogenated alkanes) is 1. The maximum Gasteiger partial charge on any atom is 0.412 e. The first-order valence-corrected chi connectivity index (χ1v) is 11.7. The van der Waals surface area contributed by atoms with Gasteiger partial charge in [-0.25, -0.2) is 4.79 Å². The molecule has 8 nitrogen and oxygen atoms in total. The molecule has 2 rings (SSSR count). The maximum absolute atomic E-state index is 11.8. The second-order valence-corrected chi connectivity index (χ2v) is 9.35. The van der Waals surface area contributed by atoms with E-state index in [9.17, 15) is 4.79 Å². The highest BCUT2D eigenvalue weighted by Gasteiger charge is 2.16. The van der Waals surface area contributed by atoms with Crippen LogP contribution in [0.15, 0.2) is 29.3 Å². The molecule has 1 fully saturated rings. The highest BCUT2D eigenvalue weighted by Crippen LogP contribution is 2.13. The molecule has 0 unspecified atom stereocenters. The number of ether oxygens (including phenoxy) is 1. The van der Waals surface area contributed by atoms with Crippen LogP contribution in [0.4, 0.5) is 10.5 Å². The molecular formula is C24H42N6O2. The minimum atomic E-state index is -0.507. The standard InChI is InChI=1S/C24H42N6O2/c1-24(2,3)32-23(31)28-21-10-8-20(9-11-21)12-14-27-22(25-4)26-13-6-7-15-30-18-16-29(5)17-19-30/h8-11H,6-7,12-19H2,1-5H3,(H,28,31)(H2,25,26,27). The van der Waals surface area contributed by atoms with Gasteiger partial charge < -0.3 is 25.2 Å². The summed E-state index contributed by atoms with van der Waals surface area (Å²) in [5, 5.41) is 9.52. The van der Waals surface area contributed by atoms with Gasteiger partial charge in [-0.3, -0.25) is 10.3 Å². The summed E-state index contributed by atoms with van der Waals surface area (Å²) in [6, 6.07) is 7.82. The molecule has 180 valence electrons. The molecule has 0 saturated carbocycles. The van der Waals surface area contributed by atoms with Crippen molar-refractivity contribution >= 4 is 17.7 Å². The molecule has 8 heteroatoms. The highest BCUT2D eigenvalue weighted by atomic mass is 16.6. The third-order valence-electron chi connectivity index (χ3n) is 5.32. The van der Waals surface area contributed by atoms with Crippen LogP contribution in [0.2, 0.25) is 0 Å². The summed E-state index contributed by atoms with van der Waals surface area (Å²) in [5.74, 6) is 0.841. The molecule has 1 aromatic carbocycles. The fourth-order valence-corrected chi connectivity index (χ4v) is 3.46. The van der Waals surface area contributed by atoms with E-state index < -0.39 is 11.7 Å². The minimum absolute atomic E-state index is 0.440. The lowest BCUT2D eigenvalue weighted by Crippen LogP contribution is -2.44. The average molecular weight is 447 g/mol. The molecule has 1 heterocycles. The first-order valence-electron chi connectivity index (χ1n) is 11.7. The SMILES string of the molecule is CN=C(NCCCCN1CCN(C)CC1)NCCc1ccc(NC(=O)OC(C)(C)C)cc1. The van der Waals surface area contributed by atoms with E-state index in [4.69, 9.17) is 4.74 Å². The second-order valence-electron chi connectivity index (χ2n) is 9.35. The number of anilines is 1. The number of piperazine rings is 1. The fraction of sp³-hybridized carbons (Fsp3) is 0.667. The van der Waals surface area contributed by atoms with Crippen LogP contribution in [0.25, 0.3) is 0 Å². The monoisotopic (exact) mass is 446 g/mol. The predicted octanol–water partition coefficient (Wildman–Crippen LogP) is 2.77. The van der Waals surface area contributed by atoms with Crippen LogP contribution in [0.3, 0.4) is 0 Å². The van der Waals surface area contributed by atoms with Gasteiger partial charge in [-0.05, 0) is 71.3 Å². The summed E-state index contributed by atoms with van der Waals surface area (Å²) in [4.78, 5) is 21.1. The molecule has 3 N–H and O–H groups in total. The van der Waals surface area contributed by atoms with E-state index in [-0.39, 0.29) is 0 Å². The van der Waals surface area contributed by atoms with Crippen LogP contribution in [-0.4, -0.2) is 87.4 Å². The highest BCUT2D eigenvalue weighted by molar-refractivity contribution is 5.84. The molecule has 1 amide bonds. The summed E-state index contributed by atoms with van der Waals surface area (Å²) in [7, 11) is 4.00. The van der Waals surface area contributed by atoms with E-state index in [0.29, 0.717) is 0 Å². The molecule has 0 bridgehead atoms. The largest absolute Gasteiger partial charge is 0.444 e. The number of aliphatic imine (C=N–C) groups is 1. The Morgan fingerprint density at radius 3 is 2.31 bits per heavy atom. The van der Waals surface area contributed by atoms with Crippen molar-refractivity contribution in [1.29, 1.82) is 0 Å². The summed E-state index contributed by atoms with van der Waals surface area (Å²) < 4.78 is 5.27. The fourth-order valence-electron chi connectivity index (χ4n) is 3.46. The van der Waals surface area contributed by atoms with Crippen molar-refractivity contribution in [2.45, 2.75) is 45.6 Å². The number of carbonyl (C=O) groups is 1. The molecule has 1 aliphatic heterocycles. The molecule has 0 spiro atoms. The van der Waals surface area contributed by atoms with Crippen LogP contribution >= 0.6 is 0 Å². The Morgan fingerprint density at radius 2 is 1.69 bits per heavy atom. The zero-order valence-corrected chi connectivity index (χ0v) is 20.5. The van der Waals surface area contributed by atoms with E-state index in [1.807, 2.05) is 45.0 Å². The van der Waals surface area contributed by atoms with Crippen molar-refractivity contribution in [1.82, 2.24) is 20.4 Å². The second kappa shape index (κ2) is 13.3. The van der Waals surface area contributed by atoms with Crippen molar-refractivity contribution in [3.05, 3.63) is 29.8 Å². The van der Waals surface area contributed by atoms with Gasteiger partial charge in [0.15, 0.2) is 5.96 Å². The topological polar surface area (TPSA) is 81.2 Å². The van der Waals surface area contributed by atoms with Gasteiger partial charge in [0, 0.05) is 52.0 Å². The number of guanidine groups is 1. The van der Waals surface area contributed by atoms with Crippen molar-refractivity contribution in [2.24, 2.45) is 4.99 Å². The number of nitrogens with zero attached hydrogens (tertiary/aromatic N) is 3. The van der Waals surface area contributed by atoms with E-state index in [0.717, 1.165) is 37.6 Å². The van der Waals surface area contributed by atoms with Crippen molar-refractivity contribution in [3.63, 3.8) is 0 Å². The zero-order chi connectivity index (χ0) is 23.4. The molecule has 0 radical (unpaired) electrons. The Bertz CT molecular complexity index is 706. The van der Waals surface area contributed by atoms with Gasteiger partial charge in [0.05, 0.1) is 0 Å². The van der Waals surface area contributed by atoms with E-state index in [1.165, 1.54) is 44.7 Å². The maximum atomic E-state index is 11.8. The molecule has 1 aliphatic rings. The van der Waals surface area contributed by atoms with Gasteiger partial charge >= 0.3 is 6.09 Å². The van der Waals surface area contributed by atoms with Crippen LogP contribution in [0.5, 0.6) is 0 Å². The van der Waals surface area contributed by atoms with Crippen LogP contribution in [-0.2, 0) is 11.2 Å². The third kappa shape index (κ3) is 10.8. The van der Waals surface area contributed by atoms with E-state index >= 15 is 0 Å². The van der Waals surface area contributed by atoms with Crippen LogP contribution in [0, 0.1) is 0 Å². The van der Waals surface area contributed by atoms with Gasteiger partial charge in [0.2, 0.25) is 0 Å². The Labute approximate surface area is 193 Å². The third-order valence-corrected chi connectivity index (χ3v) is 5.32. The van der Waals surface area contributed by atoms with Crippen LogP contribution in [0.1, 0.15) is 39.2 Å². The molecule has 0 aromatic heterocycles. The van der Waals surface area contributed by atoms with Crippen molar-refractivity contribution in [3.8, 4) is 0 Å². The number of likely N-dealkylation sites (N-methyl/N-ethyl adjacent to an activating group) is 1. The number of rotatable bonds is 9. The Kier molecular flexibility index (Phi) is 10.8. The van der Waals surface area contributed by atoms with E-state index in [2.05, 4.69) is 37.8 Å². The first kappa shape index (κ1) is 25.9. The number of hydrogen-bond donors (Lipinski definition) is 3. The summed E-state index contributed by atoms with van der Waals surface area (Å²) >= 11 is 0. The molecule has 1 aromatic rings. The summed E-state index contributed by atoms with van der Waals surface area (Å²) in [5.41, 5.74) is 1.41. The Balaban J connectivity index is 1.58. The van der Waals surface area contributed by atoms with Crippen molar-refractivity contribution in [2.75, 3.05) is 65.2 Å². The van der Waals surface area contributed by atoms with Crippen LogP contribution < -0.4 is 16.0 Å². The van der Waals surface area contributed by atoms with Gasteiger partial charge in [-0.1, -0.05) is 12.1 Å². The minimum Gasteiger partial charge on any atom is -0.444 e. The normalized spacial score (nSPS) is 16.0. The smallest absolute Gasteiger partial charge is 0.412 e. The number of nitrogens with one attached hydrogen (secondary N) is 3. The molecule has 0 aliphatic carbocycles. The lowest BCUT2D eigenvalue weighted by Gasteiger charge is -2.32. The summed E-state index contributed by atoms with van der Waals surface area (Å²) in [6.07, 6.45) is 2.78. The molecule has 1 saturated heterocycles. The van der Waals surface area contributed by atoms with Gasteiger partial charge in [0.1, 0.15) is 5.60 Å². The van der Waals surface area contributed by atoms with Gasteiger partial charge in [-0.15, -0.1) is 0 Å². The number of carbonyl (C=O) groups excluding carboxylic acids is 1. The zero-order valence-electron chi connectivity index (χ0n) is 20.5. The predicted molar refractivity (Wildman–Crippen MR) is 133 cm³/mol. The Hall–Kier alpha value is -2.32. The molecular weight excluding hydrogens is 404 g/mol.